The molecule has 0 heterocycles. The molecule has 0 saturated carbocycles. The predicted octanol–water partition coefficient (Wildman–Crippen LogP) is 4.01. The largest absolute Gasteiger partial charge is 0.496 e. The zero-order valence-corrected chi connectivity index (χ0v) is 17.7. The summed E-state index contributed by atoms with van der Waals surface area (Å²) in [5.74, 6) is 0.235. The Morgan fingerprint density at radius 2 is 1.92 bits per heavy atom. The van der Waals surface area contributed by atoms with E-state index in [1.165, 1.54) is 7.11 Å². The van der Waals surface area contributed by atoms with Gasteiger partial charge in [0, 0.05) is 12.1 Å². The van der Waals surface area contributed by atoms with E-state index in [4.69, 9.17) is 22.1 Å². The van der Waals surface area contributed by atoms with Gasteiger partial charge in [-0.2, -0.15) is 0 Å². The van der Waals surface area contributed by atoms with E-state index in [1.54, 1.807) is 12.1 Å². The van der Waals surface area contributed by atoms with Crippen molar-refractivity contribution in [1.82, 2.24) is 10.2 Å². The van der Waals surface area contributed by atoms with Crippen molar-refractivity contribution in [2.75, 3.05) is 32.5 Å². The van der Waals surface area contributed by atoms with Gasteiger partial charge in [-0.15, -0.1) is 24.8 Å². The summed E-state index contributed by atoms with van der Waals surface area (Å²) >= 11 is 6.01. The van der Waals surface area contributed by atoms with Crippen LogP contribution in [0.1, 0.15) is 44.0 Å². The summed E-state index contributed by atoms with van der Waals surface area (Å²) in [7, 11) is 1.51. The number of anilines is 1. The number of nitrogens with one attached hydrogen (secondary N) is 1. The van der Waals surface area contributed by atoms with Crippen molar-refractivity contribution >= 4 is 48.0 Å². The maximum Gasteiger partial charge on any atom is 0.255 e. The van der Waals surface area contributed by atoms with Gasteiger partial charge < -0.3 is 20.7 Å². The Kier molecular flexibility index (Phi) is 14.1. The number of carbonyl (C=O) groups is 1. The van der Waals surface area contributed by atoms with Crippen LogP contribution in [-0.2, 0) is 0 Å². The van der Waals surface area contributed by atoms with Gasteiger partial charge in [0.15, 0.2) is 0 Å². The SMILES string of the molecule is CCN(CC)CCCC(C)NC(=O)c1cc(Cl)c(N)cc1OC.Cl.Cl. The molecule has 0 spiro atoms. The highest BCUT2D eigenvalue weighted by Crippen LogP contribution is 2.28. The Balaban J connectivity index is 0. The molecular weight excluding hydrogens is 385 g/mol. The minimum absolute atomic E-state index is 0. The lowest BCUT2D eigenvalue weighted by atomic mass is 10.1. The molecule has 25 heavy (non-hydrogen) atoms. The highest BCUT2D eigenvalue weighted by Gasteiger charge is 2.17. The molecule has 0 aliphatic heterocycles. The Morgan fingerprint density at radius 1 is 1.32 bits per heavy atom. The molecule has 0 radical (unpaired) electrons. The molecule has 0 fully saturated rings. The molecule has 1 aromatic rings. The monoisotopic (exact) mass is 413 g/mol. The van der Waals surface area contributed by atoms with E-state index in [9.17, 15) is 4.79 Å². The van der Waals surface area contributed by atoms with Crippen molar-refractivity contribution in [2.45, 2.75) is 39.7 Å². The fourth-order valence-corrected chi connectivity index (χ4v) is 2.61. The average Bonchev–Trinajstić information content (AvgIpc) is 2.53. The predicted molar refractivity (Wildman–Crippen MR) is 111 cm³/mol. The number of methoxy groups -OCH3 is 1. The number of rotatable bonds is 9. The number of carbonyl (C=O) groups excluding carboxylic acids is 1. The van der Waals surface area contributed by atoms with Crippen LogP contribution in [0, 0.1) is 0 Å². The summed E-state index contributed by atoms with van der Waals surface area (Å²) in [5.41, 5.74) is 6.54. The summed E-state index contributed by atoms with van der Waals surface area (Å²) in [4.78, 5) is 14.8. The molecular formula is C17H30Cl3N3O2. The van der Waals surface area contributed by atoms with Crippen LogP contribution in [0.4, 0.5) is 5.69 Å². The molecule has 146 valence electrons. The molecule has 3 N–H and O–H groups in total. The first kappa shape index (κ1) is 26.4. The second-order valence-electron chi connectivity index (χ2n) is 5.62. The van der Waals surface area contributed by atoms with Crippen molar-refractivity contribution in [1.29, 1.82) is 0 Å². The van der Waals surface area contributed by atoms with E-state index < -0.39 is 0 Å². The standard InChI is InChI=1S/C17H28ClN3O2.2ClH/c1-5-21(6-2)9-7-8-12(3)20-17(22)13-10-14(18)15(19)11-16(13)23-4;;/h10-12H,5-9,19H2,1-4H3,(H,20,22);2*1H. The molecule has 1 atom stereocenters. The number of amides is 1. The fraction of sp³-hybridized carbons (Fsp3) is 0.588. The maximum atomic E-state index is 12.4. The van der Waals surface area contributed by atoms with Gasteiger partial charge in [-0.3, -0.25) is 4.79 Å². The molecule has 0 aromatic heterocycles. The topological polar surface area (TPSA) is 67.6 Å². The molecule has 5 nitrogen and oxygen atoms in total. The van der Waals surface area contributed by atoms with Gasteiger partial charge in [-0.25, -0.2) is 0 Å². The highest BCUT2D eigenvalue weighted by atomic mass is 35.5. The molecule has 1 rings (SSSR count). The number of ether oxygens (including phenoxy) is 1. The summed E-state index contributed by atoms with van der Waals surface area (Å²) in [6.45, 7) is 9.48. The van der Waals surface area contributed by atoms with Gasteiger partial charge in [0.05, 0.1) is 23.4 Å². The minimum atomic E-state index is -0.195. The highest BCUT2D eigenvalue weighted by molar-refractivity contribution is 6.33. The van der Waals surface area contributed by atoms with E-state index in [-0.39, 0.29) is 36.8 Å². The smallest absolute Gasteiger partial charge is 0.255 e. The Hall–Kier alpha value is -0.880. The number of hydrogen-bond acceptors (Lipinski definition) is 4. The molecule has 8 heteroatoms. The second-order valence-corrected chi connectivity index (χ2v) is 6.02. The number of nitrogens with two attached hydrogens (primary N) is 1. The Labute approximate surface area is 168 Å². The minimum Gasteiger partial charge on any atom is -0.496 e. The first-order chi connectivity index (χ1) is 10.9. The van der Waals surface area contributed by atoms with Gasteiger partial charge >= 0.3 is 0 Å². The molecule has 0 aliphatic carbocycles. The maximum absolute atomic E-state index is 12.4. The number of benzene rings is 1. The van der Waals surface area contributed by atoms with E-state index in [0.29, 0.717) is 22.0 Å². The van der Waals surface area contributed by atoms with E-state index in [2.05, 4.69) is 24.1 Å². The van der Waals surface area contributed by atoms with Crippen molar-refractivity contribution in [2.24, 2.45) is 0 Å². The normalized spacial score (nSPS) is 11.3. The molecule has 1 amide bonds. The van der Waals surface area contributed by atoms with Crippen LogP contribution in [0.3, 0.4) is 0 Å². The van der Waals surface area contributed by atoms with Crippen LogP contribution < -0.4 is 15.8 Å². The number of hydrogen-bond donors (Lipinski definition) is 2. The summed E-state index contributed by atoms with van der Waals surface area (Å²) < 4.78 is 5.22. The lowest BCUT2D eigenvalue weighted by Crippen LogP contribution is -2.34. The quantitative estimate of drug-likeness (QED) is 0.599. The van der Waals surface area contributed by atoms with Crippen LogP contribution in [0.25, 0.3) is 0 Å². The molecule has 1 unspecified atom stereocenters. The van der Waals surface area contributed by atoms with Crippen LogP contribution in [0.5, 0.6) is 5.75 Å². The zero-order chi connectivity index (χ0) is 17.4. The lowest BCUT2D eigenvalue weighted by Gasteiger charge is -2.20. The molecule has 0 bridgehead atoms. The third-order valence-electron chi connectivity index (χ3n) is 3.95. The molecule has 0 aliphatic rings. The first-order valence-corrected chi connectivity index (χ1v) is 8.46. The number of nitrogens with zero attached hydrogens (tertiary/aromatic N) is 1. The zero-order valence-electron chi connectivity index (χ0n) is 15.3. The second kappa shape index (κ2) is 13.3. The van der Waals surface area contributed by atoms with E-state index in [0.717, 1.165) is 32.5 Å². The summed E-state index contributed by atoms with van der Waals surface area (Å²) in [6.07, 6.45) is 1.97. The molecule has 0 saturated heterocycles. The van der Waals surface area contributed by atoms with Crippen molar-refractivity contribution < 1.29 is 9.53 Å². The van der Waals surface area contributed by atoms with Crippen LogP contribution >= 0.6 is 36.4 Å². The van der Waals surface area contributed by atoms with Crippen molar-refractivity contribution in [3.05, 3.63) is 22.7 Å². The average molecular weight is 415 g/mol. The lowest BCUT2D eigenvalue weighted by molar-refractivity contribution is 0.0934. The first-order valence-electron chi connectivity index (χ1n) is 8.09. The summed E-state index contributed by atoms with van der Waals surface area (Å²) in [6, 6.07) is 3.20. The number of halogens is 3. The van der Waals surface area contributed by atoms with Crippen molar-refractivity contribution in [3.8, 4) is 5.75 Å². The van der Waals surface area contributed by atoms with Gasteiger partial charge in [0.1, 0.15) is 5.75 Å². The van der Waals surface area contributed by atoms with Gasteiger partial charge in [0.2, 0.25) is 0 Å². The Morgan fingerprint density at radius 3 is 2.44 bits per heavy atom. The third kappa shape index (κ3) is 8.36. The van der Waals surface area contributed by atoms with E-state index >= 15 is 0 Å². The van der Waals surface area contributed by atoms with Crippen molar-refractivity contribution in [3.63, 3.8) is 0 Å². The van der Waals surface area contributed by atoms with Crippen LogP contribution in [-0.4, -0.2) is 43.6 Å². The van der Waals surface area contributed by atoms with Crippen LogP contribution in [0.15, 0.2) is 12.1 Å². The Bertz CT molecular complexity index is 526. The van der Waals surface area contributed by atoms with Gasteiger partial charge in [0.25, 0.3) is 5.91 Å². The number of nitrogen functional groups attached to an aromatic ring is 1. The van der Waals surface area contributed by atoms with Gasteiger partial charge in [-0.05, 0) is 45.5 Å². The summed E-state index contributed by atoms with van der Waals surface area (Å²) in [5, 5.41) is 3.34. The fourth-order valence-electron chi connectivity index (χ4n) is 2.45. The van der Waals surface area contributed by atoms with Crippen LogP contribution in [0.2, 0.25) is 5.02 Å². The van der Waals surface area contributed by atoms with E-state index in [1.807, 2.05) is 6.92 Å². The van der Waals surface area contributed by atoms with Gasteiger partial charge in [-0.1, -0.05) is 25.4 Å². The molecule has 1 aromatic carbocycles. The third-order valence-corrected chi connectivity index (χ3v) is 4.27.